The lowest BCUT2D eigenvalue weighted by atomic mass is 10.1. The lowest BCUT2D eigenvalue weighted by Gasteiger charge is -1.99. The molecule has 0 spiro atoms. The van der Waals surface area contributed by atoms with Gasteiger partial charge >= 0.3 is 0 Å². The van der Waals surface area contributed by atoms with Crippen LogP contribution >= 0.6 is 11.6 Å². The standard InChI is InChI=1S/C17H15Cl/c1-13-6-9-16(14(2)12-13)5-3-4-15-7-10-17(18)11-8-15/h4-12H,1-2H3. The van der Waals surface area contributed by atoms with Crippen LogP contribution in [0.25, 0.3) is 12.2 Å². The highest BCUT2D eigenvalue weighted by atomic mass is 35.5. The largest absolute Gasteiger partial charge is 0.120 e. The van der Waals surface area contributed by atoms with Gasteiger partial charge in [0, 0.05) is 5.02 Å². The summed E-state index contributed by atoms with van der Waals surface area (Å²) in [6.07, 6.45) is 3.96. The predicted octanol–water partition coefficient (Wildman–Crippen LogP) is 5.28. The highest BCUT2D eigenvalue weighted by Crippen LogP contribution is 2.13. The molecule has 2 aromatic carbocycles. The van der Waals surface area contributed by atoms with E-state index in [0.29, 0.717) is 0 Å². The van der Waals surface area contributed by atoms with Crippen LogP contribution in [0.1, 0.15) is 22.3 Å². The van der Waals surface area contributed by atoms with Crippen molar-refractivity contribution in [3.63, 3.8) is 0 Å². The fourth-order valence-corrected chi connectivity index (χ4v) is 1.90. The molecule has 0 atom stereocenters. The van der Waals surface area contributed by atoms with E-state index in [1.54, 1.807) is 0 Å². The van der Waals surface area contributed by atoms with E-state index in [0.717, 1.165) is 10.6 Å². The fourth-order valence-electron chi connectivity index (χ4n) is 1.77. The summed E-state index contributed by atoms with van der Waals surface area (Å²) in [5.74, 6) is 0. The molecule has 0 amide bonds. The minimum atomic E-state index is 0.755. The molecule has 0 nitrogen and oxygen atoms in total. The average molecular weight is 255 g/mol. The van der Waals surface area contributed by atoms with Crippen molar-refractivity contribution in [3.8, 4) is 0 Å². The second kappa shape index (κ2) is 5.73. The summed E-state index contributed by atoms with van der Waals surface area (Å²) in [5.41, 5.74) is 8.06. The van der Waals surface area contributed by atoms with E-state index in [1.165, 1.54) is 16.7 Å². The van der Waals surface area contributed by atoms with Crippen LogP contribution in [0, 0.1) is 13.8 Å². The molecule has 0 fully saturated rings. The summed E-state index contributed by atoms with van der Waals surface area (Å²) < 4.78 is 0. The van der Waals surface area contributed by atoms with Crippen molar-refractivity contribution in [3.05, 3.63) is 75.5 Å². The number of benzene rings is 2. The monoisotopic (exact) mass is 254 g/mol. The summed E-state index contributed by atoms with van der Waals surface area (Å²) in [6, 6.07) is 14.1. The first kappa shape index (κ1) is 12.7. The summed E-state index contributed by atoms with van der Waals surface area (Å²) in [4.78, 5) is 0. The normalized spacial score (nSPS) is 9.72. The summed E-state index contributed by atoms with van der Waals surface area (Å²) in [6.45, 7) is 4.22. The number of aryl methyl sites for hydroxylation is 2. The van der Waals surface area contributed by atoms with Crippen LogP contribution in [0.15, 0.2) is 48.2 Å². The Morgan fingerprint density at radius 1 is 0.944 bits per heavy atom. The van der Waals surface area contributed by atoms with Crippen LogP contribution in [0.5, 0.6) is 0 Å². The second-order valence-electron chi connectivity index (χ2n) is 4.37. The zero-order chi connectivity index (χ0) is 13.0. The van der Waals surface area contributed by atoms with Gasteiger partial charge in [-0.05, 0) is 54.8 Å². The van der Waals surface area contributed by atoms with E-state index in [1.807, 2.05) is 36.4 Å². The Balaban J connectivity index is 2.22. The molecule has 0 saturated heterocycles. The van der Waals surface area contributed by atoms with Gasteiger partial charge in [-0.25, -0.2) is 0 Å². The Bertz CT molecular complexity index is 600. The van der Waals surface area contributed by atoms with Gasteiger partial charge in [0.05, 0.1) is 0 Å². The van der Waals surface area contributed by atoms with Gasteiger partial charge in [-0.2, -0.15) is 0 Å². The smallest absolute Gasteiger partial charge is 0.0406 e. The summed E-state index contributed by atoms with van der Waals surface area (Å²) in [5, 5.41) is 0.755. The molecule has 0 saturated carbocycles. The fraction of sp³-hybridized carbons (Fsp3) is 0.118. The quantitative estimate of drug-likeness (QED) is 0.640. The molecule has 0 aromatic heterocycles. The molecule has 0 aliphatic rings. The van der Waals surface area contributed by atoms with Crippen molar-refractivity contribution in [1.82, 2.24) is 0 Å². The van der Waals surface area contributed by atoms with Crippen LogP contribution in [-0.2, 0) is 0 Å². The molecule has 90 valence electrons. The molecule has 0 aliphatic carbocycles. The summed E-state index contributed by atoms with van der Waals surface area (Å²) in [7, 11) is 0. The van der Waals surface area contributed by atoms with Crippen molar-refractivity contribution < 1.29 is 0 Å². The van der Waals surface area contributed by atoms with Crippen molar-refractivity contribution in [2.45, 2.75) is 13.8 Å². The van der Waals surface area contributed by atoms with Gasteiger partial charge in [-0.1, -0.05) is 47.5 Å². The zero-order valence-electron chi connectivity index (χ0n) is 10.6. The van der Waals surface area contributed by atoms with Crippen LogP contribution in [0.4, 0.5) is 0 Å². The first-order valence-electron chi connectivity index (χ1n) is 5.90. The third kappa shape index (κ3) is 3.37. The Hall–Kier alpha value is -1.75. The molecule has 0 aliphatic heterocycles. The van der Waals surface area contributed by atoms with Gasteiger partial charge in [0.25, 0.3) is 0 Å². The number of hydrogen-bond donors (Lipinski definition) is 0. The van der Waals surface area contributed by atoms with E-state index in [2.05, 4.69) is 37.8 Å². The van der Waals surface area contributed by atoms with Gasteiger partial charge in [0.1, 0.15) is 0 Å². The van der Waals surface area contributed by atoms with E-state index >= 15 is 0 Å². The van der Waals surface area contributed by atoms with Crippen LogP contribution in [0.3, 0.4) is 0 Å². The van der Waals surface area contributed by atoms with Crippen molar-refractivity contribution >= 4 is 23.8 Å². The highest BCUT2D eigenvalue weighted by Gasteiger charge is 1.93. The maximum absolute atomic E-state index is 5.84. The predicted molar refractivity (Wildman–Crippen MR) is 79.8 cm³/mol. The minimum Gasteiger partial charge on any atom is -0.120 e. The summed E-state index contributed by atoms with van der Waals surface area (Å²) >= 11 is 5.84. The van der Waals surface area contributed by atoms with Crippen molar-refractivity contribution in [2.75, 3.05) is 0 Å². The maximum atomic E-state index is 5.84. The molecule has 2 aromatic rings. The lowest BCUT2D eigenvalue weighted by Crippen LogP contribution is -1.80. The van der Waals surface area contributed by atoms with E-state index in [9.17, 15) is 0 Å². The Morgan fingerprint density at radius 3 is 2.33 bits per heavy atom. The third-order valence-electron chi connectivity index (χ3n) is 2.78. The van der Waals surface area contributed by atoms with Gasteiger partial charge in [-0.3, -0.25) is 0 Å². The Kier molecular flexibility index (Phi) is 4.04. The number of hydrogen-bond acceptors (Lipinski definition) is 0. The van der Waals surface area contributed by atoms with Crippen LogP contribution in [-0.4, -0.2) is 0 Å². The molecule has 0 unspecified atom stereocenters. The highest BCUT2D eigenvalue weighted by molar-refractivity contribution is 6.30. The maximum Gasteiger partial charge on any atom is 0.0406 e. The Morgan fingerprint density at radius 2 is 1.67 bits per heavy atom. The third-order valence-corrected chi connectivity index (χ3v) is 3.04. The molecule has 2 rings (SSSR count). The van der Waals surface area contributed by atoms with Crippen LogP contribution < -0.4 is 0 Å². The molecule has 0 heterocycles. The van der Waals surface area contributed by atoms with Gasteiger partial charge in [0.15, 0.2) is 0 Å². The van der Waals surface area contributed by atoms with Gasteiger partial charge in [-0.15, -0.1) is 5.73 Å². The Labute approximate surface area is 113 Å². The van der Waals surface area contributed by atoms with E-state index in [-0.39, 0.29) is 0 Å². The molecule has 0 bridgehead atoms. The number of halogens is 1. The molecule has 0 N–H and O–H groups in total. The van der Waals surface area contributed by atoms with Gasteiger partial charge < -0.3 is 0 Å². The molecular formula is C17H15Cl. The lowest BCUT2D eigenvalue weighted by molar-refractivity contribution is 1.37. The van der Waals surface area contributed by atoms with Crippen molar-refractivity contribution in [2.24, 2.45) is 0 Å². The first-order chi connectivity index (χ1) is 8.65. The zero-order valence-corrected chi connectivity index (χ0v) is 11.3. The SMILES string of the molecule is Cc1ccc(C=C=Cc2ccc(Cl)cc2)c(C)c1. The number of rotatable bonds is 2. The minimum absolute atomic E-state index is 0.755. The van der Waals surface area contributed by atoms with Crippen LogP contribution in [0.2, 0.25) is 5.02 Å². The van der Waals surface area contributed by atoms with E-state index < -0.39 is 0 Å². The second-order valence-corrected chi connectivity index (χ2v) is 4.80. The molecule has 0 radical (unpaired) electrons. The van der Waals surface area contributed by atoms with E-state index in [4.69, 9.17) is 11.6 Å². The topological polar surface area (TPSA) is 0 Å². The molecule has 18 heavy (non-hydrogen) atoms. The molecular weight excluding hydrogens is 240 g/mol. The first-order valence-corrected chi connectivity index (χ1v) is 6.28. The average Bonchev–Trinajstić information content (AvgIpc) is 2.34. The molecule has 1 heteroatoms. The van der Waals surface area contributed by atoms with Gasteiger partial charge in [0.2, 0.25) is 0 Å². The van der Waals surface area contributed by atoms with Crippen molar-refractivity contribution in [1.29, 1.82) is 0 Å².